The van der Waals surface area contributed by atoms with Gasteiger partial charge in [0, 0.05) is 11.8 Å². The molecular formula is C21H24N2. The van der Waals surface area contributed by atoms with Crippen LogP contribution < -0.4 is 5.32 Å². The maximum Gasteiger partial charge on any atom is 0.0739 e. The van der Waals surface area contributed by atoms with Gasteiger partial charge in [0.1, 0.15) is 0 Å². The van der Waals surface area contributed by atoms with Crippen LogP contribution in [-0.4, -0.2) is 18.1 Å². The van der Waals surface area contributed by atoms with Crippen molar-refractivity contribution in [2.24, 2.45) is 0 Å². The third kappa shape index (κ3) is 2.72. The highest BCUT2D eigenvalue weighted by molar-refractivity contribution is 5.84. The number of nitrogens with zero attached hydrogens (tertiary/aromatic N) is 1. The standard InChI is InChI=1S/C21H24N2/c1-2-15-5-8-19-18(14-15)7-6-17-4-3-11-23-21(17)20(19)16-9-12-22-13-10-16/h3-5,8,11,14,22H,2,6-7,9-10,12-13H2,1H3. The number of aryl methyl sites for hydroxylation is 3. The molecule has 2 aliphatic rings. The summed E-state index contributed by atoms with van der Waals surface area (Å²) in [5.41, 5.74) is 10.0. The summed E-state index contributed by atoms with van der Waals surface area (Å²) >= 11 is 0. The first-order valence-corrected chi connectivity index (χ1v) is 8.86. The third-order valence-electron chi connectivity index (χ3n) is 5.20. The second-order valence-corrected chi connectivity index (χ2v) is 6.58. The molecule has 0 bridgehead atoms. The predicted molar refractivity (Wildman–Crippen MR) is 95.6 cm³/mol. The second kappa shape index (κ2) is 6.29. The maximum absolute atomic E-state index is 4.80. The quantitative estimate of drug-likeness (QED) is 0.863. The van der Waals surface area contributed by atoms with Crippen molar-refractivity contribution in [1.82, 2.24) is 10.3 Å². The molecule has 1 aromatic heterocycles. The number of hydrogen-bond acceptors (Lipinski definition) is 2. The average Bonchev–Trinajstić information content (AvgIpc) is 2.78. The van der Waals surface area contributed by atoms with Gasteiger partial charge < -0.3 is 5.32 Å². The molecule has 1 aromatic carbocycles. The molecule has 118 valence electrons. The van der Waals surface area contributed by atoms with Crippen molar-refractivity contribution in [1.29, 1.82) is 0 Å². The first kappa shape index (κ1) is 14.6. The molecule has 2 heterocycles. The predicted octanol–water partition coefficient (Wildman–Crippen LogP) is 3.93. The SMILES string of the molecule is CCc1ccc2c(c1)CCc1cccnc1C2=C1CCNCC1. The summed E-state index contributed by atoms with van der Waals surface area (Å²) in [5, 5.41) is 3.48. The van der Waals surface area contributed by atoms with Crippen molar-refractivity contribution in [3.63, 3.8) is 0 Å². The first-order valence-electron chi connectivity index (χ1n) is 8.86. The van der Waals surface area contributed by atoms with E-state index in [1.165, 1.54) is 33.5 Å². The number of piperidine rings is 1. The number of benzene rings is 1. The lowest BCUT2D eigenvalue weighted by Crippen LogP contribution is -2.24. The van der Waals surface area contributed by atoms with Gasteiger partial charge in [0.2, 0.25) is 0 Å². The smallest absolute Gasteiger partial charge is 0.0739 e. The number of rotatable bonds is 1. The Morgan fingerprint density at radius 2 is 1.83 bits per heavy atom. The molecule has 0 atom stereocenters. The normalized spacial score (nSPS) is 17.4. The van der Waals surface area contributed by atoms with Crippen LogP contribution in [0, 0.1) is 0 Å². The summed E-state index contributed by atoms with van der Waals surface area (Å²) < 4.78 is 0. The Labute approximate surface area is 138 Å². The lowest BCUT2D eigenvalue weighted by Gasteiger charge is -2.22. The van der Waals surface area contributed by atoms with Crippen molar-refractivity contribution < 1.29 is 0 Å². The maximum atomic E-state index is 4.80. The van der Waals surface area contributed by atoms with Crippen LogP contribution in [0.15, 0.2) is 42.1 Å². The monoisotopic (exact) mass is 304 g/mol. The highest BCUT2D eigenvalue weighted by Crippen LogP contribution is 2.37. The lowest BCUT2D eigenvalue weighted by molar-refractivity contribution is 0.611. The van der Waals surface area contributed by atoms with Crippen LogP contribution >= 0.6 is 0 Å². The molecule has 0 unspecified atom stereocenters. The highest BCUT2D eigenvalue weighted by Gasteiger charge is 2.23. The average molecular weight is 304 g/mol. The van der Waals surface area contributed by atoms with Gasteiger partial charge >= 0.3 is 0 Å². The van der Waals surface area contributed by atoms with Gasteiger partial charge in [-0.05, 0) is 73.5 Å². The lowest BCUT2D eigenvalue weighted by atomic mass is 9.88. The molecule has 0 radical (unpaired) electrons. The summed E-state index contributed by atoms with van der Waals surface area (Å²) in [6.45, 7) is 4.41. The molecular weight excluding hydrogens is 280 g/mol. The van der Waals surface area contributed by atoms with Crippen LogP contribution in [0.2, 0.25) is 0 Å². The summed E-state index contributed by atoms with van der Waals surface area (Å²) in [5.74, 6) is 0. The molecule has 2 heteroatoms. The fourth-order valence-corrected chi connectivity index (χ4v) is 3.92. The largest absolute Gasteiger partial charge is 0.316 e. The molecule has 1 fully saturated rings. The fourth-order valence-electron chi connectivity index (χ4n) is 3.92. The molecule has 1 saturated heterocycles. The van der Waals surface area contributed by atoms with Gasteiger partial charge in [-0.2, -0.15) is 0 Å². The van der Waals surface area contributed by atoms with Gasteiger partial charge in [0.15, 0.2) is 0 Å². The minimum Gasteiger partial charge on any atom is -0.316 e. The van der Waals surface area contributed by atoms with E-state index in [1.54, 1.807) is 5.57 Å². The molecule has 4 rings (SSSR count). The number of aromatic nitrogens is 1. The Balaban J connectivity index is 1.95. The van der Waals surface area contributed by atoms with Crippen LogP contribution in [0.3, 0.4) is 0 Å². The summed E-state index contributed by atoms with van der Waals surface area (Å²) in [6.07, 6.45) is 7.55. The zero-order chi connectivity index (χ0) is 15.6. The van der Waals surface area contributed by atoms with E-state index in [1.807, 2.05) is 6.20 Å². The Bertz CT molecular complexity index is 750. The highest BCUT2D eigenvalue weighted by atomic mass is 14.9. The van der Waals surface area contributed by atoms with E-state index in [0.29, 0.717) is 0 Å². The minimum atomic E-state index is 1.09. The zero-order valence-corrected chi connectivity index (χ0v) is 13.9. The molecule has 1 aliphatic heterocycles. The Morgan fingerprint density at radius 1 is 1.00 bits per heavy atom. The van der Waals surface area contributed by atoms with E-state index >= 15 is 0 Å². The number of fused-ring (bicyclic) bond motifs is 2. The van der Waals surface area contributed by atoms with Crippen LogP contribution in [0.5, 0.6) is 0 Å². The van der Waals surface area contributed by atoms with E-state index in [-0.39, 0.29) is 0 Å². The number of pyridine rings is 1. The van der Waals surface area contributed by atoms with Crippen molar-refractivity contribution in [3.8, 4) is 0 Å². The molecule has 0 spiro atoms. The second-order valence-electron chi connectivity index (χ2n) is 6.58. The zero-order valence-electron chi connectivity index (χ0n) is 13.9. The van der Waals surface area contributed by atoms with E-state index in [4.69, 9.17) is 4.98 Å². The molecule has 2 nitrogen and oxygen atoms in total. The van der Waals surface area contributed by atoms with Crippen molar-refractivity contribution in [2.75, 3.05) is 13.1 Å². The van der Waals surface area contributed by atoms with Gasteiger partial charge in [-0.15, -0.1) is 0 Å². The van der Waals surface area contributed by atoms with Gasteiger partial charge in [-0.3, -0.25) is 4.98 Å². The number of hydrogen-bond donors (Lipinski definition) is 1. The van der Waals surface area contributed by atoms with E-state index < -0.39 is 0 Å². The van der Waals surface area contributed by atoms with Crippen LogP contribution in [0.4, 0.5) is 0 Å². The van der Waals surface area contributed by atoms with Gasteiger partial charge in [0.25, 0.3) is 0 Å². The van der Waals surface area contributed by atoms with Crippen LogP contribution in [0.25, 0.3) is 5.57 Å². The van der Waals surface area contributed by atoms with Gasteiger partial charge in [-0.1, -0.05) is 36.8 Å². The molecule has 2 aromatic rings. The Kier molecular flexibility index (Phi) is 4.00. The third-order valence-corrected chi connectivity index (χ3v) is 5.20. The summed E-state index contributed by atoms with van der Waals surface area (Å²) in [6, 6.07) is 11.4. The molecule has 0 amide bonds. The molecule has 1 aliphatic carbocycles. The fraction of sp³-hybridized carbons (Fsp3) is 0.381. The van der Waals surface area contributed by atoms with Crippen LogP contribution in [-0.2, 0) is 19.3 Å². The van der Waals surface area contributed by atoms with Crippen LogP contribution in [0.1, 0.15) is 47.7 Å². The Morgan fingerprint density at radius 3 is 2.65 bits per heavy atom. The molecule has 1 N–H and O–H groups in total. The summed E-state index contributed by atoms with van der Waals surface area (Å²) in [4.78, 5) is 4.80. The van der Waals surface area contributed by atoms with Crippen molar-refractivity contribution in [3.05, 3.63) is 70.0 Å². The molecule has 23 heavy (non-hydrogen) atoms. The van der Waals surface area contributed by atoms with Crippen molar-refractivity contribution >= 4 is 5.57 Å². The number of nitrogens with one attached hydrogen (secondary N) is 1. The van der Waals surface area contributed by atoms with E-state index in [0.717, 1.165) is 45.2 Å². The first-order chi connectivity index (χ1) is 11.4. The van der Waals surface area contributed by atoms with Crippen molar-refractivity contribution in [2.45, 2.75) is 39.0 Å². The topological polar surface area (TPSA) is 24.9 Å². The van der Waals surface area contributed by atoms with E-state index in [9.17, 15) is 0 Å². The van der Waals surface area contributed by atoms with Gasteiger partial charge in [-0.25, -0.2) is 0 Å². The Hall–Kier alpha value is -1.93. The summed E-state index contributed by atoms with van der Waals surface area (Å²) in [7, 11) is 0. The minimum absolute atomic E-state index is 1.09. The van der Waals surface area contributed by atoms with E-state index in [2.05, 4.69) is 42.6 Å². The van der Waals surface area contributed by atoms with Gasteiger partial charge in [0.05, 0.1) is 5.69 Å². The molecule has 0 saturated carbocycles.